The van der Waals surface area contributed by atoms with E-state index in [0.29, 0.717) is 24.4 Å². The summed E-state index contributed by atoms with van der Waals surface area (Å²) < 4.78 is 69.1. The maximum absolute atomic E-state index is 13.9. The second-order valence-corrected chi connectivity index (χ2v) is 6.21. The van der Waals surface area contributed by atoms with E-state index in [-0.39, 0.29) is 0 Å². The first-order valence-corrected chi connectivity index (χ1v) is 10.2. The Kier molecular flexibility index (Phi) is 13.4. The Bertz CT molecular complexity index is 844. The monoisotopic (exact) mass is 445 g/mol. The predicted molar refractivity (Wildman–Crippen MR) is 116 cm³/mol. The van der Waals surface area contributed by atoms with Gasteiger partial charge in [-0.2, -0.15) is 5.10 Å². The topological polar surface area (TPSA) is 29.9 Å². The Morgan fingerprint density at radius 1 is 1.00 bits per heavy atom. The van der Waals surface area contributed by atoms with Gasteiger partial charge in [-0.25, -0.2) is 22.0 Å². The normalized spacial score (nSPS) is 10.4. The summed E-state index contributed by atoms with van der Waals surface area (Å²) in [7, 11) is 1.74. The number of aromatic nitrogens is 2. The summed E-state index contributed by atoms with van der Waals surface area (Å²) in [6.07, 6.45) is 6.91. The molecule has 1 aromatic heterocycles. The van der Waals surface area contributed by atoms with Crippen LogP contribution in [0.15, 0.2) is 18.7 Å². The molecule has 0 radical (unpaired) electrons. The van der Waals surface area contributed by atoms with E-state index in [4.69, 9.17) is 0 Å². The molecule has 2 aromatic rings. The van der Waals surface area contributed by atoms with Crippen LogP contribution in [-0.4, -0.2) is 23.4 Å². The van der Waals surface area contributed by atoms with Gasteiger partial charge in [0, 0.05) is 18.7 Å². The Labute approximate surface area is 181 Å². The average Bonchev–Trinajstić information content (AvgIpc) is 3.08. The molecule has 2 rings (SSSR count). The van der Waals surface area contributed by atoms with Crippen molar-refractivity contribution in [3.8, 4) is 0 Å². The number of rotatable bonds is 7. The van der Waals surface area contributed by atoms with Crippen LogP contribution in [0.2, 0.25) is 0 Å². The standard InChI is InChI=1S/C17H18F5N3.C4H8.C2H6/c1-4-5-11-9(2)12(6-7-23-3)25(24-11)8-10-13(18)15(20)17(22)16(21)14(10)19;1-3-4-2;1-2/h4-5,23H,6-8H2,1-3H3;3H,1,4H2,2H3;1-2H3/b5-4+;;. The van der Waals surface area contributed by atoms with Crippen LogP contribution in [0, 0.1) is 36.0 Å². The fraction of sp³-hybridized carbons (Fsp3) is 0.435. The Morgan fingerprint density at radius 2 is 1.48 bits per heavy atom. The number of hydrogen-bond acceptors (Lipinski definition) is 2. The number of nitrogens with one attached hydrogen (secondary N) is 1. The molecule has 0 bridgehead atoms. The molecule has 0 unspecified atom stereocenters. The van der Waals surface area contributed by atoms with Gasteiger partial charge in [-0.1, -0.05) is 32.9 Å². The van der Waals surface area contributed by atoms with E-state index in [1.165, 1.54) is 4.68 Å². The van der Waals surface area contributed by atoms with E-state index >= 15 is 0 Å². The lowest BCUT2D eigenvalue weighted by Gasteiger charge is -2.11. The third kappa shape index (κ3) is 7.31. The molecule has 31 heavy (non-hydrogen) atoms. The molecule has 0 fully saturated rings. The van der Waals surface area contributed by atoms with Gasteiger partial charge in [0.1, 0.15) is 0 Å². The summed E-state index contributed by atoms with van der Waals surface area (Å²) in [6, 6.07) is 0. The van der Waals surface area contributed by atoms with Crippen molar-refractivity contribution < 1.29 is 22.0 Å². The van der Waals surface area contributed by atoms with E-state index in [1.807, 2.05) is 19.9 Å². The fourth-order valence-corrected chi connectivity index (χ4v) is 2.55. The summed E-state index contributed by atoms with van der Waals surface area (Å²) in [6.45, 7) is 13.1. The molecule has 174 valence electrons. The van der Waals surface area contributed by atoms with E-state index < -0.39 is 41.2 Å². The minimum absolute atomic E-state index is 0.488. The van der Waals surface area contributed by atoms with Gasteiger partial charge in [0.2, 0.25) is 5.82 Å². The second kappa shape index (κ2) is 14.5. The SMILES string of the molecule is C/C=C/c1nn(Cc2c(F)c(F)c(F)c(F)c2F)c(CCNC)c1C.C=CCC.CC. The van der Waals surface area contributed by atoms with Crippen molar-refractivity contribution in [2.24, 2.45) is 0 Å². The third-order valence-electron chi connectivity index (χ3n) is 4.19. The van der Waals surface area contributed by atoms with Crippen LogP contribution in [0.25, 0.3) is 6.08 Å². The number of nitrogens with zero attached hydrogens (tertiary/aromatic N) is 2. The lowest BCUT2D eigenvalue weighted by molar-refractivity contribution is 0.366. The highest BCUT2D eigenvalue weighted by atomic mass is 19.2. The summed E-state index contributed by atoms with van der Waals surface area (Å²) in [5.41, 5.74) is 1.12. The molecule has 0 aliphatic rings. The lowest BCUT2D eigenvalue weighted by atomic mass is 10.1. The molecule has 8 heteroatoms. The number of allylic oxidation sites excluding steroid dienone is 2. The van der Waals surface area contributed by atoms with Gasteiger partial charge < -0.3 is 5.32 Å². The number of likely N-dealkylation sites (N-methyl/N-ethyl adjacent to an activating group) is 1. The van der Waals surface area contributed by atoms with E-state index in [1.54, 1.807) is 33.0 Å². The molecule has 1 aromatic carbocycles. The Hall–Kier alpha value is -2.48. The molecule has 0 aliphatic carbocycles. The molecule has 1 N–H and O–H groups in total. The van der Waals surface area contributed by atoms with Crippen LogP contribution in [0.1, 0.15) is 56.6 Å². The lowest BCUT2D eigenvalue weighted by Crippen LogP contribution is -2.17. The first-order valence-electron chi connectivity index (χ1n) is 10.2. The molecule has 0 aliphatic heterocycles. The highest BCUT2D eigenvalue weighted by Crippen LogP contribution is 2.25. The summed E-state index contributed by atoms with van der Waals surface area (Å²) in [5.74, 6) is -9.75. The van der Waals surface area contributed by atoms with Crippen molar-refractivity contribution in [3.05, 3.63) is 70.3 Å². The van der Waals surface area contributed by atoms with E-state index in [0.717, 1.165) is 12.0 Å². The molecule has 0 saturated heterocycles. The molecule has 1 heterocycles. The van der Waals surface area contributed by atoms with Gasteiger partial charge >= 0.3 is 0 Å². The van der Waals surface area contributed by atoms with Gasteiger partial charge in [-0.15, -0.1) is 6.58 Å². The van der Waals surface area contributed by atoms with Crippen LogP contribution in [0.5, 0.6) is 0 Å². The highest BCUT2D eigenvalue weighted by Gasteiger charge is 2.26. The Morgan fingerprint density at radius 3 is 1.90 bits per heavy atom. The minimum atomic E-state index is -2.17. The second-order valence-electron chi connectivity index (χ2n) is 6.21. The van der Waals surface area contributed by atoms with Gasteiger partial charge in [-0.05, 0) is 39.0 Å². The summed E-state index contributed by atoms with van der Waals surface area (Å²) in [5, 5.41) is 7.19. The van der Waals surface area contributed by atoms with Gasteiger partial charge in [0.25, 0.3) is 0 Å². The molecule has 0 amide bonds. The Balaban J connectivity index is 0.00000134. The maximum Gasteiger partial charge on any atom is 0.200 e. The van der Waals surface area contributed by atoms with Crippen molar-refractivity contribution >= 4 is 6.08 Å². The molecule has 0 saturated carbocycles. The first-order chi connectivity index (χ1) is 14.7. The number of benzene rings is 1. The van der Waals surface area contributed by atoms with Crippen LogP contribution < -0.4 is 5.32 Å². The molecular formula is C23H32F5N3. The van der Waals surface area contributed by atoms with Crippen molar-refractivity contribution in [2.45, 2.75) is 54.0 Å². The number of halogens is 5. The van der Waals surface area contributed by atoms with Crippen molar-refractivity contribution in [2.75, 3.05) is 13.6 Å². The van der Waals surface area contributed by atoms with Crippen molar-refractivity contribution in [1.82, 2.24) is 15.1 Å². The van der Waals surface area contributed by atoms with Crippen LogP contribution >= 0.6 is 0 Å². The van der Waals surface area contributed by atoms with Crippen LogP contribution in [0.4, 0.5) is 22.0 Å². The average molecular weight is 446 g/mol. The number of hydrogen-bond donors (Lipinski definition) is 1. The zero-order valence-corrected chi connectivity index (χ0v) is 19.1. The fourth-order valence-electron chi connectivity index (χ4n) is 2.55. The summed E-state index contributed by atoms with van der Waals surface area (Å²) >= 11 is 0. The quantitative estimate of drug-likeness (QED) is 0.233. The van der Waals surface area contributed by atoms with Crippen molar-refractivity contribution in [3.63, 3.8) is 0 Å². The highest BCUT2D eigenvalue weighted by molar-refractivity contribution is 5.50. The van der Waals surface area contributed by atoms with Crippen molar-refractivity contribution in [1.29, 1.82) is 0 Å². The molecule has 0 atom stereocenters. The van der Waals surface area contributed by atoms with E-state index in [2.05, 4.69) is 23.9 Å². The molecule has 3 nitrogen and oxygen atoms in total. The minimum Gasteiger partial charge on any atom is -0.319 e. The smallest absolute Gasteiger partial charge is 0.200 e. The van der Waals surface area contributed by atoms with Gasteiger partial charge in [-0.3, -0.25) is 4.68 Å². The van der Waals surface area contributed by atoms with Crippen LogP contribution in [-0.2, 0) is 13.0 Å². The van der Waals surface area contributed by atoms with Gasteiger partial charge in [0.15, 0.2) is 23.3 Å². The van der Waals surface area contributed by atoms with Gasteiger partial charge in [0.05, 0.1) is 17.8 Å². The third-order valence-corrected chi connectivity index (χ3v) is 4.19. The largest absolute Gasteiger partial charge is 0.319 e. The maximum atomic E-state index is 13.9. The first kappa shape index (κ1) is 28.5. The molecule has 0 spiro atoms. The predicted octanol–water partition coefficient (Wildman–Crippen LogP) is 6.34. The zero-order chi connectivity index (χ0) is 24.1. The van der Waals surface area contributed by atoms with Crippen LogP contribution in [0.3, 0.4) is 0 Å². The summed E-state index contributed by atoms with van der Waals surface area (Å²) in [4.78, 5) is 0. The van der Waals surface area contributed by atoms with E-state index in [9.17, 15) is 22.0 Å². The molecular weight excluding hydrogens is 413 g/mol. The zero-order valence-electron chi connectivity index (χ0n) is 19.1.